The van der Waals surface area contributed by atoms with Crippen molar-refractivity contribution < 1.29 is 9.59 Å². The number of nitrogens with zero attached hydrogens (tertiary/aromatic N) is 2. The molecule has 1 saturated heterocycles. The number of carbonyl (C=O) groups excluding carboxylic acids is 2. The molecule has 2 rings (SSSR count). The number of thiazole rings is 1. The zero-order valence-electron chi connectivity index (χ0n) is 12.5. The van der Waals surface area contributed by atoms with E-state index in [1.165, 1.54) is 4.88 Å². The molecule has 0 saturated carbocycles. The molecule has 0 aliphatic carbocycles. The highest BCUT2D eigenvalue weighted by molar-refractivity contribution is 7.11. The van der Waals surface area contributed by atoms with Crippen molar-refractivity contribution >= 4 is 23.3 Å². The number of urea groups is 1. The monoisotopic (exact) mass is 310 g/mol. The van der Waals surface area contributed by atoms with Crippen LogP contribution in [0, 0.1) is 6.92 Å². The van der Waals surface area contributed by atoms with Crippen molar-refractivity contribution in [3.8, 4) is 0 Å². The highest BCUT2D eigenvalue weighted by Gasteiger charge is 2.23. The molecule has 21 heavy (non-hydrogen) atoms. The fraction of sp³-hybridized carbons (Fsp3) is 0.643. The molecule has 116 valence electrons. The lowest BCUT2D eigenvalue weighted by molar-refractivity contribution is -0.122. The van der Waals surface area contributed by atoms with Crippen molar-refractivity contribution in [2.75, 3.05) is 20.1 Å². The van der Waals surface area contributed by atoms with Gasteiger partial charge in [-0.25, -0.2) is 9.78 Å². The second kappa shape index (κ2) is 7.40. The van der Waals surface area contributed by atoms with Gasteiger partial charge in [0.2, 0.25) is 5.91 Å². The van der Waals surface area contributed by atoms with Crippen LogP contribution in [-0.2, 0) is 11.2 Å². The summed E-state index contributed by atoms with van der Waals surface area (Å²) in [7, 11) is 1.74. The molecule has 1 aliphatic heterocycles. The van der Waals surface area contributed by atoms with Crippen LogP contribution >= 0.6 is 11.3 Å². The van der Waals surface area contributed by atoms with Crippen LogP contribution in [0.5, 0.6) is 0 Å². The van der Waals surface area contributed by atoms with Gasteiger partial charge < -0.3 is 15.5 Å². The van der Waals surface area contributed by atoms with E-state index in [4.69, 9.17) is 0 Å². The summed E-state index contributed by atoms with van der Waals surface area (Å²) in [5.41, 5.74) is 0. The Kier molecular flexibility index (Phi) is 5.55. The number of aromatic nitrogens is 1. The second-order valence-electron chi connectivity index (χ2n) is 5.33. The van der Waals surface area contributed by atoms with Crippen LogP contribution in [0.3, 0.4) is 0 Å². The normalized spacial score (nSPS) is 18.8. The van der Waals surface area contributed by atoms with Crippen molar-refractivity contribution in [3.63, 3.8) is 0 Å². The molecule has 1 aromatic rings. The van der Waals surface area contributed by atoms with Gasteiger partial charge in [-0.05, 0) is 26.2 Å². The first-order valence-corrected chi connectivity index (χ1v) is 8.08. The van der Waals surface area contributed by atoms with Gasteiger partial charge in [-0.3, -0.25) is 4.79 Å². The van der Waals surface area contributed by atoms with Crippen LogP contribution in [0.25, 0.3) is 0 Å². The Morgan fingerprint density at radius 2 is 2.38 bits per heavy atom. The fourth-order valence-corrected chi connectivity index (χ4v) is 2.99. The Bertz CT molecular complexity index is 503. The number of aryl methyl sites for hydroxylation is 1. The molecule has 0 unspecified atom stereocenters. The van der Waals surface area contributed by atoms with E-state index >= 15 is 0 Å². The fourth-order valence-electron chi connectivity index (χ4n) is 2.22. The zero-order valence-corrected chi connectivity index (χ0v) is 13.3. The van der Waals surface area contributed by atoms with Gasteiger partial charge in [-0.2, -0.15) is 0 Å². The number of likely N-dealkylation sites (N-methyl/N-ethyl adjacent to an activating group) is 1. The predicted molar refractivity (Wildman–Crippen MR) is 82.4 cm³/mol. The van der Waals surface area contributed by atoms with Crippen molar-refractivity contribution in [1.29, 1.82) is 0 Å². The van der Waals surface area contributed by atoms with E-state index in [9.17, 15) is 9.59 Å². The lowest BCUT2D eigenvalue weighted by Crippen LogP contribution is -2.49. The first kappa shape index (κ1) is 15.8. The van der Waals surface area contributed by atoms with Gasteiger partial charge in [0.15, 0.2) is 0 Å². The number of rotatable bonds is 4. The third-order valence-corrected chi connectivity index (χ3v) is 4.48. The minimum atomic E-state index is -0.412. The SMILES string of the molecule is Cc1cnc(CCN(C)C(=O)N[C@H]2CCCCNC2=O)s1. The highest BCUT2D eigenvalue weighted by atomic mass is 32.1. The van der Waals surface area contributed by atoms with Crippen molar-refractivity contribution in [1.82, 2.24) is 20.5 Å². The summed E-state index contributed by atoms with van der Waals surface area (Å²) in [5, 5.41) is 6.65. The van der Waals surface area contributed by atoms with Crippen molar-refractivity contribution in [3.05, 3.63) is 16.1 Å². The second-order valence-corrected chi connectivity index (χ2v) is 6.64. The zero-order chi connectivity index (χ0) is 15.2. The molecule has 2 heterocycles. The summed E-state index contributed by atoms with van der Waals surface area (Å²) < 4.78 is 0. The van der Waals surface area contributed by atoms with E-state index in [2.05, 4.69) is 15.6 Å². The van der Waals surface area contributed by atoms with Gasteiger partial charge >= 0.3 is 6.03 Å². The molecule has 1 aliphatic rings. The summed E-state index contributed by atoms with van der Waals surface area (Å²) in [6, 6.07) is -0.616. The number of hydrogen-bond acceptors (Lipinski definition) is 4. The Labute approximate surface area is 128 Å². The average molecular weight is 310 g/mol. The number of hydrogen-bond donors (Lipinski definition) is 2. The van der Waals surface area contributed by atoms with Crippen LogP contribution in [0.15, 0.2) is 6.20 Å². The van der Waals surface area contributed by atoms with Crippen LogP contribution in [-0.4, -0.2) is 48.0 Å². The maximum atomic E-state index is 12.1. The number of carbonyl (C=O) groups is 2. The maximum absolute atomic E-state index is 12.1. The Morgan fingerprint density at radius 1 is 1.57 bits per heavy atom. The third-order valence-electron chi connectivity index (χ3n) is 3.51. The minimum Gasteiger partial charge on any atom is -0.354 e. The van der Waals surface area contributed by atoms with Crippen LogP contribution in [0.1, 0.15) is 29.1 Å². The maximum Gasteiger partial charge on any atom is 0.317 e. The highest BCUT2D eigenvalue weighted by Crippen LogP contribution is 2.12. The molecule has 7 heteroatoms. The van der Waals surface area contributed by atoms with Crippen LogP contribution in [0.2, 0.25) is 0 Å². The number of nitrogens with one attached hydrogen (secondary N) is 2. The van der Waals surface area contributed by atoms with E-state index in [1.807, 2.05) is 13.1 Å². The summed E-state index contributed by atoms with van der Waals surface area (Å²) in [6.45, 7) is 3.31. The van der Waals surface area contributed by atoms with E-state index in [1.54, 1.807) is 23.3 Å². The van der Waals surface area contributed by atoms with Gasteiger partial charge in [-0.15, -0.1) is 11.3 Å². The Hall–Kier alpha value is -1.63. The van der Waals surface area contributed by atoms with E-state index in [0.29, 0.717) is 19.5 Å². The molecule has 0 radical (unpaired) electrons. The van der Waals surface area contributed by atoms with Gasteiger partial charge in [0.05, 0.1) is 5.01 Å². The van der Waals surface area contributed by atoms with Crippen LogP contribution in [0.4, 0.5) is 4.79 Å². The molecule has 0 bridgehead atoms. The number of amides is 3. The van der Waals surface area contributed by atoms with Gasteiger partial charge in [-0.1, -0.05) is 0 Å². The minimum absolute atomic E-state index is 0.0789. The lowest BCUT2D eigenvalue weighted by atomic mass is 10.1. The van der Waals surface area contributed by atoms with Gasteiger partial charge in [0.1, 0.15) is 6.04 Å². The molecule has 1 fully saturated rings. The standard InChI is InChI=1S/C14H22N4O2S/c1-10-9-16-12(21-10)6-8-18(2)14(20)17-11-5-3-4-7-15-13(11)19/h9,11H,3-8H2,1-2H3,(H,15,19)(H,17,20)/t11-/m0/s1. The Morgan fingerprint density at radius 3 is 3.10 bits per heavy atom. The van der Waals surface area contributed by atoms with Crippen molar-refractivity contribution in [2.45, 2.75) is 38.6 Å². The molecule has 0 aromatic carbocycles. The van der Waals surface area contributed by atoms with E-state index in [-0.39, 0.29) is 11.9 Å². The molecule has 6 nitrogen and oxygen atoms in total. The Balaban J connectivity index is 1.80. The average Bonchev–Trinajstić information content (AvgIpc) is 2.77. The predicted octanol–water partition coefficient (Wildman–Crippen LogP) is 1.30. The molecule has 3 amide bonds. The first-order chi connectivity index (χ1) is 10.1. The molecular formula is C14H22N4O2S. The quantitative estimate of drug-likeness (QED) is 0.880. The molecule has 0 spiro atoms. The summed E-state index contributed by atoms with van der Waals surface area (Å²) in [6.07, 6.45) is 5.20. The molecule has 1 aromatic heterocycles. The molecule has 2 N–H and O–H groups in total. The van der Waals surface area contributed by atoms with E-state index in [0.717, 1.165) is 24.3 Å². The largest absolute Gasteiger partial charge is 0.354 e. The first-order valence-electron chi connectivity index (χ1n) is 7.27. The summed E-state index contributed by atoms with van der Waals surface area (Å²) >= 11 is 1.65. The smallest absolute Gasteiger partial charge is 0.317 e. The van der Waals surface area contributed by atoms with E-state index < -0.39 is 6.04 Å². The van der Waals surface area contributed by atoms with Gasteiger partial charge in [0.25, 0.3) is 0 Å². The van der Waals surface area contributed by atoms with Crippen LogP contribution < -0.4 is 10.6 Å². The topological polar surface area (TPSA) is 74.3 Å². The molecular weight excluding hydrogens is 288 g/mol. The summed E-state index contributed by atoms with van der Waals surface area (Å²) in [5.74, 6) is -0.0789. The van der Waals surface area contributed by atoms with Crippen molar-refractivity contribution in [2.24, 2.45) is 0 Å². The van der Waals surface area contributed by atoms with Gasteiger partial charge in [0, 0.05) is 37.6 Å². The molecule has 1 atom stereocenters. The lowest BCUT2D eigenvalue weighted by Gasteiger charge is -2.21. The summed E-state index contributed by atoms with van der Waals surface area (Å²) in [4.78, 5) is 31.0. The third kappa shape index (κ3) is 4.70.